The van der Waals surface area contributed by atoms with E-state index in [0.29, 0.717) is 18.4 Å². The summed E-state index contributed by atoms with van der Waals surface area (Å²) in [7, 11) is 0. The quantitative estimate of drug-likeness (QED) is 0.882. The van der Waals surface area contributed by atoms with E-state index in [2.05, 4.69) is 45.5 Å². The number of nitrogens with one attached hydrogen (secondary N) is 1. The third-order valence-corrected chi connectivity index (χ3v) is 4.04. The SMILES string of the molecule is CC(C)(C)OC(=O)NCC1CC(c2ccc(Br)cc2)C1. The fourth-order valence-electron chi connectivity index (χ4n) is 2.45. The Morgan fingerprint density at radius 2 is 1.90 bits per heavy atom. The zero-order valence-electron chi connectivity index (χ0n) is 12.3. The fraction of sp³-hybridized carbons (Fsp3) is 0.562. The molecule has 0 heterocycles. The van der Waals surface area contributed by atoms with Crippen molar-refractivity contribution in [1.29, 1.82) is 0 Å². The molecule has 1 aliphatic rings. The zero-order valence-corrected chi connectivity index (χ0v) is 13.9. The number of amides is 1. The van der Waals surface area contributed by atoms with Crippen molar-refractivity contribution in [2.75, 3.05) is 6.54 Å². The number of halogens is 1. The Kier molecular flexibility index (Phi) is 4.74. The minimum atomic E-state index is -0.427. The minimum absolute atomic E-state index is 0.315. The molecular weight excluding hydrogens is 318 g/mol. The van der Waals surface area contributed by atoms with Crippen molar-refractivity contribution in [3.8, 4) is 0 Å². The van der Waals surface area contributed by atoms with Crippen LogP contribution in [0.15, 0.2) is 28.7 Å². The molecule has 0 saturated heterocycles. The van der Waals surface area contributed by atoms with E-state index < -0.39 is 5.60 Å². The number of hydrogen-bond donors (Lipinski definition) is 1. The first-order valence-electron chi connectivity index (χ1n) is 7.06. The minimum Gasteiger partial charge on any atom is -0.444 e. The van der Waals surface area contributed by atoms with Crippen molar-refractivity contribution in [1.82, 2.24) is 5.32 Å². The number of carbonyl (C=O) groups is 1. The third-order valence-electron chi connectivity index (χ3n) is 3.51. The van der Waals surface area contributed by atoms with Crippen molar-refractivity contribution >= 4 is 22.0 Å². The summed E-state index contributed by atoms with van der Waals surface area (Å²) in [5.41, 5.74) is 0.964. The number of rotatable bonds is 3. The average molecular weight is 340 g/mol. The second kappa shape index (κ2) is 6.17. The Morgan fingerprint density at radius 3 is 2.45 bits per heavy atom. The normalized spacial score (nSPS) is 22.0. The summed E-state index contributed by atoms with van der Waals surface area (Å²) in [5, 5.41) is 2.85. The van der Waals surface area contributed by atoms with Gasteiger partial charge in [0.05, 0.1) is 0 Å². The maximum Gasteiger partial charge on any atom is 0.407 e. The van der Waals surface area contributed by atoms with Crippen LogP contribution in [0.2, 0.25) is 0 Å². The molecule has 1 saturated carbocycles. The van der Waals surface area contributed by atoms with Gasteiger partial charge in [-0.05, 0) is 63.1 Å². The molecule has 2 rings (SSSR count). The maximum atomic E-state index is 11.6. The first-order chi connectivity index (χ1) is 9.33. The van der Waals surface area contributed by atoms with Crippen LogP contribution in [0.5, 0.6) is 0 Å². The van der Waals surface area contributed by atoms with E-state index in [1.54, 1.807) is 0 Å². The Bertz CT molecular complexity index is 458. The van der Waals surface area contributed by atoms with Crippen molar-refractivity contribution < 1.29 is 9.53 Å². The summed E-state index contributed by atoms with van der Waals surface area (Å²) in [5.74, 6) is 1.20. The van der Waals surface area contributed by atoms with Crippen molar-refractivity contribution in [3.63, 3.8) is 0 Å². The van der Waals surface area contributed by atoms with Gasteiger partial charge in [0.2, 0.25) is 0 Å². The molecule has 0 unspecified atom stereocenters. The molecule has 1 amide bonds. The van der Waals surface area contributed by atoms with Gasteiger partial charge < -0.3 is 10.1 Å². The summed E-state index contributed by atoms with van der Waals surface area (Å²) in [6.45, 7) is 6.33. The highest BCUT2D eigenvalue weighted by Gasteiger charge is 2.30. The summed E-state index contributed by atoms with van der Waals surface area (Å²) < 4.78 is 6.34. The molecule has 1 aromatic carbocycles. The van der Waals surface area contributed by atoms with Gasteiger partial charge in [-0.15, -0.1) is 0 Å². The van der Waals surface area contributed by atoms with Gasteiger partial charge in [0.25, 0.3) is 0 Å². The number of carbonyl (C=O) groups excluding carboxylic acids is 1. The van der Waals surface area contributed by atoms with Gasteiger partial charge in [0, 0.05) is 11.0 Å². The first kappa shape index (κ1) is 15.4. The van der Waals surface area contributed by atoms with Crippen LogP contribution in [0.25, 0.3) is 0 Å². The van der Waals surface area contributed by atoms with Crippen LogP contribution in [-0.2, 0) is 4.74 Å². The van der Waals surface area contributed by atoms with Crippen molar-refractivity contribution in [3.05, 3.63) is 34.3 Å². The lowest BCUT2D eigenvalue weighted by molar-refractivity contribution is 0.0506. The lowest BCUT2D eigenvalue weighted by Crippen LogP contribution is -2.38. The maximum absolute atomic E-state index is 11.6. The molecule has 0 bridgehead atoms. The van der Waals surface area contributed by atoms with Crippen molar-refractivity contribution in [2.45, 2.75) is 45.1 Å². The number of benzene rings is 1. The summed E-state index contributed by atoms with van der Waals surface area (Å²) in [6, 6.07) is 8.52. The molecule has 0 aliphatic heterocycles. The van der Waals surface area contributed by atoms with E-state index in [1.807, 2.05) is 20.8 Å². The molecule has 1 N–H and O–H groups in total. The standard InChI is InChI=1S/C16H22BrNO2/c1-16(2,3)20-15(19)18-10-11-8-13(9-11)12-4-6-14(17)7-5-12/h4-7,11,13H,8-10H2,1-3H3,(H,18,19). The van der Waals surface area contributed by atoms with E-state index in [4.69, 9.17) is 4.74 Å². The monoisotopic (exact) mass is 339 g/mol. The van der Waals surface area contributed by atoms with Gasteiger partial charge in [-0.1, -0.05) is 28.1 Å². The second-order valence-electron chi connectivity index (χ2n) is 6.47. The van der Waals surface area contributed by atoms with Crippen LogP contribution in [0, 0.1) is 5.92 Å². The summed E-state index contributed by atoms with van der Waals surface area (Å²) in [4.78, 5) is 11.6. The van der Waals surface area contributed by atoms with Gasteiger partial charge in [-0.2, -0.15) is 0 Å². The predicted molar refractivity (Wildman–Crippen MR) is 83.8 cm³/mol. The van der Waals surface area contributed by atoms with Crippen LogP contribution >= 0.6 is 15.9 Å². The molecule has 0 radical (unpaired) electrons. The van der Waals surface area contributed by atoms with E-state index in [0.717, 1.165) is 17.3 Å². The van der Waals surface area contributed by atoms with E-state index in [9.17, 15) is 4.79 Å². The van der Waals surface area contributed by atoms with E-state index in [1.165, 1.54) is 5.56 Å². The molecule has 110 valence electrons. The van der Waals surface area contributed by atoms with Gasteiger partial charge in [0.15, 0.2) is 0 Å². The topological polar surface area (TPSA) is 38.3 Å². The molecular formula is C16H22BrNO2. The molecule has 0 spiro atoms. The van der Waals surface area contributed by atoms with E-state index >= 15 is 0 Å². The molecule has 3 nitrogen and oxygen atoms in total. The second-order valence-corrected chi connectivity index (χ2v) is 7.38. The molecule has 20 heavy (non-hydrogen) atoms. The smallest absolute Gasteiger partial charge is 0.407 e. The molecule has 1 aromatic rings. The molecule has 1 aliphatic carbocycles. The number of ether oxygens (including phenoxy) is 1. The van der Waals surface area contributed by atoms with Gasteiger partial charge >= 0.3 is 6.09 Å². The molecule has 0 aromatic heterocycles. The Balaban J connectivity index is 1.69. The highest BCUT2D eigenvalue weighted by Crippen LogP contribution is 2.41. The van der Waals surface area contributed by atoms with Crippen LogP contribution in [0.4, 0.5) is 4.79 Å². The zero-order chi connectivity index (χ0) is 14.8. The molecule has 4 heteroatoms. The van der Waals surface area contributed by atoms with Gasteiger partial charge in [0.1, 0.15) is 5.60 Å². The van der Waals surface area contributed by atoms with Crippen LogP contribution in [0.3, 0.4) is 0 Å². The van der Waals surface area contributed by atoms with Crippen molar-refractivity contribution in [2.24, 2.45) is 5.92 Å². The largest absolute Gasteiger partial charge is 0.444 e. The summed E-state index contributed by atoms with van der Waals surface area (Å²) in [6.07, 6.45) is 1.96. The third kappa shape index (κ3) is 4.51. The highest BCUT2D eigenvalue weighted by atomic mass is 79.9. The number of alkyl carbamates (subject to hydrolysis) is 1. The lowest BCUT2D eigenvalue weighted by Gasteiger charge is -2.36. The van der Waals surface area contributed by atoms with Gasteiger partial charge in [-0.25, -0.2) is 4.79 Å². The Labute approximate surface area is 129 Å². The highest BCUT2D eigenvalue weighted by molar-refractivity contribution is 9.10. The van der Waals surface area contributed by atoms with Crippen LogP contribution in [0.1, 0.15) is 45.1 Å². The van der Waals surface area contributed by atoms with Crippen LogP contribution in [-0.4, -0.2) is 18.2 Å². The van der Waals surface area contributed by atoms with Crippen LogP contribution < -0.4 is 5.32 Å². The summed E-state index contributed by atoms with van der Waals surface area (Å²) >= 11 is 3.45. The Morgan fingerprint density at radius 1 is 1.30 bits per heavy atom. The molecule has 0 atom stereocenters. The molecule has 1 fully saturated rings. The van der Waals surface area contributed by atoms with E-state index in [-0.39, 0.29) is 6.09 Å². The first-order valence-corrected chi connectivity index (χ1v) is 7.85. The Hall–Kier alpha value is -1.03. The average Bonchev–Trinajstić information content (AvgIpc) is 2.27. The fourth-order valence-corrected chi connectivity index (χ4v) is 2.72. The number of hydrogen-bond acceptors (Lipinski definition) is 2. The lowest BCUT2D eigenvalue weighted by atomic mass is 9.71. The predicted octanol–water partition coefficient (Wildman–Crippen LogP) is 4.47. The van der Waals surface area contributed by atoms with Gasteiger partial charge in [-0.3, -0.25) is 0 Å².